The molecule has 0 aliphatic heterocycles. The topological polar surface area (TPSA) is 76.1 Å². The minimum atomic E-state index is -3.35. The lowest BCUT2D eigenvalue weighted by Crippen LogP contribution is -2.15. The van der Waals surface area contributed by atoms with Gasteiger partial charge in [0, 0.05) is 21.0 Å². The predicted molar refractivity (Wildman–Crippen MR) is 112 cm³/mol. The Hall–Kier alpha value is -2.03. The van der Waals surface area contributed by atoms with Gasteiger partial charge in [0.2, 0.25) is 0 Å². The average Bonchev–Trinajstić information content (AvgIpc) is 3.10. The average molecular weight is 465 g/mol. The molecule has 0 aliphatic rings. The molecule has 0 spiro atoms. The van der Waals surface area contributed by atoms with Crippen LogP contribution in [-0.2, 0) is 9.84 Å². The molecule has 5 nitrogen and oxygen atoms in total. The first-order chi connectivity index (χ1) is 12.8. The van der Waals surface area contributed by atoms with E-state index in [2.05, 4.69) is 26.2 Å². The van der Waals surface area contributed by atoms with Gasteiger partial charge in [-0.1, -0.05) is 28.1 Å². The first kappa shape index (κ1) is 19.7. The molecule has 1 amide bonds. The maximum atomic E-state index is 12.4. The predicted octanol–water partition coefficient (Wildman–Crippen LogP) is 5.01. The van der Waals surface area contributed by atoms with Crippen LogP contribution < -0.4 is 5.32 Å². The van der Waals surface area contributed by atoms with E-state index in [4.69, 9.17) is 0 Å². The summed E-state index contributed by atoms with van der Waals surface area (Å²) in [6.45, 7) is 3.25. The summed E-state index contributed by atoms with van der Waals surface area (Å²) >= 11 is 4.73. The molecule has 140 valence electrons. The zero-order valence-corrected chi connectivity index (χ0v) is 17.9. The number of carbonyl (C=O) groups is 1. The van der Waals surface area contributed by atoms with Crippen molar-refractivity contribution < 1.29 is 13.2 Å². The van der Waals surface area contributed by atoms with Crippen molar-refractivity contribution in [2.24, 2.45) is 0 Å². The molecule has 1 heterocycles. The molecule has 0 radical (unpaired) electrons. The number of amides is 1. The van der Waals surface area contributed by atoms with Crippen LogP contribution in [0.4, 0.5) is 5.13 Å². The number of thiazole rings is 1. The van der Waals surface area contributed by atoms with Gasteiger partial charge in [0.05, 0.1) is 15.8 Å². The molecular weight excluding hydrogens is 448 g/mol. The number of sulfone groups is 1. The molecule has 2 aromatic carbocycles. The number of anilines is 1. The van der Waals surface area contributed by atoms with Crippen LogP contribution in [0.2, 0.25) is 0 Å². The third-order valence-corrected chi connectivity index (χ3v) is 7.39. The monoisotopic (exact) mass is 464 g/mol. The number of aromatic nitrogens is 1. The molecule has 1 aromatic heterocycles. The third kappa shape index (κ3) is 4.45. The van der Waals surface area contributed by atoms with Gasteiger partial charge in [-0.15, -0.1) is 11.3 Å². The van der Waals surface area contributed by atoms with E-state index in [1.807, 2.05) is 29.6 Å². The number of hydrogen-bond donors (Lipinski definition) is 1. The van der Waals surface area contributed by atoms with E-state index in [1.165, 1.54) is 35.6 Å². The van der Waals surface area contributed by atoms with Crippen molar-refractivity contribution in [2.45, 2.75) is 24.0 Å². The standard InChI is InChI=1S/C19H17BrN2O3S2/c1-12(2)27(24,25)16-9-5-14(6-10-16)18(23)22-19-21-17(11-26-19)13-3-7-15(20)8-4-13/h3-12H,1-2H3,(H,21,22,23). The van der Waals surface area contributed by atoms with Crippen LogP contribution >= 0.6 is 27.3 Å². The van der Waals surface area contributed by atoms with Crippen LogP contribution in [0, 0.1) is 0 Å². The van der Waals surface area contributed by atoms with E-state index in [0.29, 0.717) is 10.7 Å². The molecule has 0 aliphatic carbocycles. The van der Waals surface area contributed by atoms with Crippen LogP contribution in [0.25, 0.3) is 11.3 Å². The lowest BCUT2D eigenvalue weighted by molar-refractivity contribution is 0.102. The summed E-state index contributed by atoms with van der Waals surface area (Å²) in [4.78, 5) is 17.0. The van der Waals surface area contributed by atoms with Crippen LogP contribution in [0.3, 0.4) is 0 Å². The fourth-order valence-electron chi connectivity index (χ4n) is 2.32. The summed E-state index contributed by atoms with van der Waals surface area (Å²) in [7, 11) is -3.35. The van der Waals surface area contributed by atoms with Crippen molar-refractivity contribution in [3.8, 4) is 11.3 Å². The van der Waals surface area contributed by atoms with E-state index in [1.54, 1.807) is 13.8 Å². The summed E-state index contributed by atoms with van der Waals surface area (Å²) in [5, 5.41) is 4.60. The first-order valence-electron chi connectivity index (χ1n) is 8.14. The van der Waals surface area contributed by atoms with Gasteiger partial charge in [-0.05, 0) is 50.2 Å². The fourth-order valence-corrected chi connectivity index (χ4v) is 4.36. The Morgan fingerprint density at radius 3 is 2.30 bits per heavy atom. The summed E-state index contributed by atoms with van der Waals surface area (Å²) in [5.41, 5.74) is 2.11. The maximum absolute atomic E-state index is 12.4. The maximum Gasteiger partial charge on any atom is 0.257 e. The van der Waals surface area contributed by atoms with Gasteiger partial charge in [-0.2, -0.15) is 0 Å². The highest BCUT2D eigenvalue weighted by molar-refractivity contribution is 9.10. The largest absolute Gasteiger partial charge is 0.298 e. The number of hydrogen-bond acceptors (Lipinski definition) is 5. The zero-order valence-electron chi connectivity index (χ0n) is 14.6. The lowest BCUT2D eigenvalue weighted by Gasteiger charge is -2.08. The molecular formula is C19H17BrN2O3S2. The van der Waals surface area contributed by atoms with E-state index >= 15 is 0 Å². The summed E-state index contributed by atoms with van der Waals surface area (Å²) in [6.07, 6.45) is 0. The molecule has 27 heavy (non-hydrogen) atoms. The van der Waals surface area contributed by atoms with E-state index in [0.717, 1.165) is 15.7 Å². The SMILES string of the molecule is CC(C)S(=O)(=O)c1ccc(C(=O)Nc2nc(-c3ccc(Br)cc3)cs2)cc1. The second kappa shape index (κ2) is 7.92. The Morgan fingerprint density at radius 1 is 1.07 bits per heavy atom. The van der Waals surface area contributed by atoms with Crippen LogP contribution in [0.15, 0.2) is 63.3 Å². The van der Waals surface area contributed by atoms with E-state index in [-0.39, 0.29) is 10.8 Å². The number of carbonyl (C=O) groups excluding carboxylic acids is 1. The highest BCUT2D eigenvalue weighted by atomic mass is 79.9. The van der Waals surface area contributed by atoms with E-state index < -0.39 is 15.1 Å². The van der Waals surface area contributed by atoms with E-state index in [9.17, 15) is 13.2 Å². The number of rotatable bonds is 5. The summed E-state index contributed by atoms with van der Waals surface area (Å²) in [6, 6.07) is 13.7. The van der Waals surface area contributed by atoms with Crippen LogP contribution in [-0.4, -0.2) is 24.6 Å². The van der Waals surface area contributed by atoms with Gasteiger partial charge < -0.3 is 0 Å². The minimum absolute atomic E-state index is 0.209. The number of nitrogens with one attached hydrogen (secondary N) is 1. The Morgan fingerprint density at radius 2 is 1.70 bits per heavy atom. The van der Waals surface area contributed by atoms with Crippen molar-refractivity contribution in [3.63, 3.8) is 0 Å². The molecule has 0 saturated heterocycles. The number of nitrogens with zero attached hydrogens (tertiary/aromatic N) is 1. The van der Waals surface area contributed by atoms with Gasteiger partial charge in [0.25, 0.3) is 5.91 Å². The fraction of sp³-hybridized carbons (Fsp3) is 0.158. The zero-order chi connectivity index (χ0) is 19.6. The summed E-state index contributed by atoms with van der Waals surface area (Å²) < 4.78 is 25.3. The van der Waals surface area contributed by atoms with Crippen molar-refractivity contribution in [3.05, 3.63) is 63.9 Å². The molecule has 0 saturated carbocycles. The van der Waals surface area contributed by atoms with Crippen LogP contribution in [0.1, 0.15) is 24.2 Å². The van der Waals surface area contributed by atoms with Crippen molar-refractivity contribution in [1.29, 1.82) is 0 Å². The summed E-state index contributed by atoms with van der Waals surface area (Å²) in [5.74, 6) is -0.333. The molecule has 3 rings (SSSR count). The Balaban J connectivity index is 1.73. The highest BCUT2D eigenvalue weighted by Gasteiger charge is 2.19. The Bertz CT molecular complexity index is 1060. The van der Waals surface area contributed by atoms with Gasteiger partial charge in [-0.25, -0.2) is 13.4 Å². The van der Waals surface area contributed by atoms with Gasteiger partial charge >= 0.3 is 0 Å². The normalized spacial score (nSPS) is 11.6. The molecule has 0 unspecified atom stereocenters. The van der Waals surface area contributed by atoms with Gasteiger partial charge in [0.15, 0.2) is 15.0 Å². The Kier molecular flexibility index (Phi) is 5.78. The number of benzene rings is 2. The molecule has 0 fully saturated rings. The van der Waals surface area contributed by atoms with Crippen molar-refractivity contribution >= 4 is 48.1 Å². The lowest BCUT2D eigenvalue weighted by atomic mass is 10.2. The van der Waals surface area contributed by atoms with Crippen LogP contribution in [0.5, 0.6) is 0 Å². The number of halogens is 1. The molecule has 0 bridgehead atoms. The Labute approximate surface area is 170 Å². The first-order valence-corrected chi connectivity index (χ1v) is 11.4. The van der Waals surface area contributed by atoms with Gasteiger partial charge in [0.1, 0.15) is 0 Å². The quantitative estimate of drug-likeness (QED) is 0.575. The molecule has 3 aromatic rings. The molecule has 1 N–H and O–H groups in total. The smallest absolute Gasteiger partial charge is 0.257 e. The second-order valence-electron chi connectivity index (χ2n) is 6.12. The molecule has 0 atom stereocenters. The van der Waals surface area contributed by atoms with Gasteiger partial charge in [-0.3, -0.25) is 10.1 Å². The van der Waals surface area contributed by atoms with Crippen molar-refractivity contribution in [2.75, 3.05) is 5.32 Å². The van der Waals surface area contributed by atoms with Crippen molar-refractivity contribution in [1.82, 2.24) is 4.98 Å². The third-order valence-electron chi connectivity index (χ3n) is 3.93. The molecule has 8 heteroatoms. The highest BCUT2D eigenvalue weighted by Crippen LogP contribution is 2.26. The minimum Gasteiger partial charge on any atom is -0.298 e. The second-order valence-corrected chi connectivity index (χ2v) is 10.4.